The lowest BCUT2D eigenvalue weighted by Gasteiger charge is -2.20. The highest BCUT2D eigenvalue weighted by atomic mass is 16.7. The minimum Gasteiger partial charge on any atom is -0.497 e. The predicted octanol–water partition coefficient (Wildman–Crippen LogP) is 4.12. The normalized spacial score (nSPS) is 10.2. The van der Waals surface area contributed by atoms with Crippen molar-refractivity contribution in [2.75, 3.05) is 12.4 Å². The lowest BCUT2D eigenvalue weighted by Crippen LogP contribution is -2.38. The lowest BCUT2D eigenvalue weighted by molar-refractivity contribution is -0.134. The first-order valence-electron chi connectivity index (χ1n) is 8.13. The van der Waals surface area contributed by atoms with Crippen LogP contribution in [-0.2, 0) is 4.79 Å². The average Bonchev–Trinajstić information content (AvgIpc) is 2.69. The second-order valence-corrected chi connectivity index (χ2v) is 5.41. The molecule has 0 saturated carbocycles. The summed E-state index contributed by atoms with van der Waals surface area (Å²) in [6, 6.07) is 25.2. The van der Waals surface area contributed by atoms with Crippen molar-refractivity contribution in [3.05, 3.63) is 84.9 Å². The third kappa shape index (κ3) is 4.77. The van der Waals surface area contributed by atoms with Crippen molar-refractivity contribution in [2.45, 2.75) is 6.29 Å². The van der Waals surface area contributed by atoms with E-state index in [9.17, 15) is 4.79 Å². The number of ether oxygens (including phenoxy) is 3. The molecule has 0 saturated heterocycles. The zero-order valence-corrected chi connectivity index (χ0v) is 14.3. The molecule has 0 bridgehead atoms. The smallest absolute Gasteiger partial charge is 0.321 e. The Morgan fingerprint density at radius 3 is 1.85 bits per heavy atom. The van der Waals surface area contributed by atoms with Crippen LogP contribution in [0, 0.1) is 0 Å². The summed E-state index contributed by atoms with van der Waals surface area (Å²) in [5, 5.41) is 2.79. The molecule has 0 aliphatic rings. The number of benzene rings is 3. The summed E-state index contributed by atoms with van der Waals surface area (Å²) in [5.41, 5.74) is 0.590. The van der Waals surface area contributed by atoms with Crippen LogP contribution in [0.5, 0.6) is 17.2 Å². The van der Waals surface area contributed by atoms with Crippen LogP contribution in [0.3, 0.4) is 0 Å². The molecule has 0 unspecified atom stereocenters. The fourth-order valence-corrected chi connectivity index (χ4v) is 2.28. The zero-order chi connectivity index (χ0) is 18.2. The number of nitrogens with one attached hydrogen (secondary N) is 1. The third-order valence-corrected chi connectivity index (χ3v) is 3.52. The summed E-state index contributed by atoms with van der Waals surface area (Å²) in [6.07, 6.45) is -1.15. The highest BCUT2D eigenvalue weighted by Crippen LogP contribution is 2.19. The molecule has 5 nitrogen and oxygen atoms in total. The molecule has 1 amide bonds. The molecule has 0 aliphatic carbocycles. The highest BCUT2D eigenvalue weighted by molar-refractivity contribution is 5.93. The van der Waals surface area contributed by atoms with Crippen LogP contribution >= 0.6 is 0 Å². The first kappa shape index (κ1) is 17.4. The number of rotatable bonds is 7. The summed E-state index contributed by atoms with van der Waals surface area (Å²) in [4.78, 5) is 12.7. The largest absolute Gasteiger partial charge is 0.497 e. The van der Waals surface area contributed by atoms with Crippen molar-refractivity contribution < 1.29 is 19.0 Å². The van der Waals surface area contributed by atoms with Gasteiger partial charge in [-0.15, -0.1) is 0 Å². The fraction of sp³-hybridized carbons (Fsp3) is 0.0952. The zero-order valence-electron chi connectivity index (χ0n) is 14.3. The lowest BCUT2D eigenvalue weighted by atomic mass is 10.3. The Kier molecular flexibility index (Phi) is 5.72. The number of methoxy groups -OCH3 is 1. The van der Waals surface area contributed by atoms with E-state index in [1.165, 1.54) is 0 Å². The van der Waals surface area contributed by atoms with Gasteiger partial charge in [0.1, 0.15) is 17.2 Å². The predicted molar refractivity (Wildman–Crippen MR) is 99.6 cm³/mol. The minimum absolute atomic E-state index is 0.425. The third-order valence-electron chi connectivity index (χ3n) is 3.52. The Bertz CT molecular complexity index is 795. The maximum atomic E-state index is 12.7. The van der Waals surface area contributed by atoms with Crippen LogP contribution in [0.15, 0.2) is 84.9 Å². The van der Waals surface area contributed by atoms with E-state index in [1.807, 2.05) is 36.4 Å². The number of carbonyl (C=O) groups is 1. The fourth-order valence-electron chi connectivity index (χ4n) is 2.28. The van der Waals surface area contributed by atoms with E-state index >= 15 is 0 Å². The first-order valence-corrected chi connectivity index (χ1v) is 8.13. The number of anilines is 1. The Morgan fingerprint density at radius 1 is 0.769 bits per heavy atom. The molecule has 5 heteroatoms. The summed E-state index contributed by atoms with van der Waals surface area (Å²) in [5.74, 6) is 1.29. The van der Waals surface area contributed by atoms with E-state index in [2.05, 4.69) is 5.32 Å². The standard InChI is InChI=1S/C21H19NO4/c1-24-19-14-8-9-16(15-19)22-20(23)21(25-17-10-4-2-5-11-17)26-18-12-6-3-7-13-18/h2-15,21H,1H3,(H,22,23). The van der Waals surface area contributed by atoms with E-state index in [-0.39, 0.29) is 0 Å². The van der Waals surface area contributed by atoms with Crippen molar-refractivity contribution >= 4 is 11.6 Å². The van der Waals surface area contributed by atoms with Crippen LogP contribution in [0.1, 0.15) is 0 Å². The Morgan fingerprint density at radius 2 is 1.31 bits per heavy atom. The molecule has 132 valence electrons. The van der Waals surface area contributed by atoms with Gasteiger partial charge in [-0.3, -0.25) is 4.79 Å². The Hall–Kier alpha value is -3.47. The van der Waals surface area contributed by atoms with Gasteiger partial charge in [-0.25, -0.2) is 0 Å². The molecular weight excluding hydrogens is 330 g/mol. The summed E-state index contributed by atoms with van der Waals surface area (Å²) in [6.45, 7) is 0. The van der Waals surface area contributed by atoms with E-state index < -0.39 is 12.2 Å². The van der Waals surface area contributed by atoms with Crippen molar-refractivity contribution in [1.29, 1.82) is 0 Å². The van der Waals surface area contributed by atoms with Crippen LogP contribution in [-0.4, -0.2) is 19.3 Å². The number of para-hydroxylation sites is 2. The van der Waals surface area contributed by atoms with Gasteiger partial charge in [-0.05, 0) is 36.4 Å². The average molecular weight is 349 g/mol. The number of amides is 1. The van der Waals surface area contributed by atoms with Gasteiger partial charge in [0, 0.05) is 11.8 Å². The minimum atomic E-state index is -1.15. The maximum Gasteiger partial charge on any atom is 0.321 e. The quantitative estimate of drug-likeness (QED) is 0.652. The Balaban J connectivity index is 1.77. The molecule has 3 aromatic rings. The number of hydrogen-bond donors (Lipinski definition) is 1. The number of hydrogen-bond acceptors (Lipinski definition) is 4. The van der Waals surface area contributed by atoms with E-state index in [0.717, 1.165) is 0 Å². The van der Waals surface area contributed by atoms with Crippen LogP contribution in [0.2, 0.25) is 0 Å². The van der Waals surface area contributed by atoms with Gasteiger partial charge in [0.25, 0.3) is 0 Å². The van der Waals surface area contributed by atoms with Gasteiger partial charge in [0.05, 0.1) is 7.11 Å². The van der Waals surface area contributed by atoms with Crippen molar-refractivity contribution in [3.8, 4) is 17.2 Å². The molecule has 0 spiro atoms. The van der Waals surface area contributed by atoms with Crippen LogP contribution in [0.25, 0.3) is 0 Å². The summed E-state index contributed by atoms with van der Waals surface area (Å²) < 4.78 is 16.7. The van der Waals surface area contributed by atoms with Crippen LogP contribution < -0.4 is 19.5 Å². The molecular formula is C21H19NO4. The van der Waals surface area contributed by atoms with Crippen molar-refractivity contribution in [2.24, 2.45) is 0 Å². The molecule has 0 atom stereocenters. The molecule has 3 rings (SSSR count). The number of carbonyl (C=O) groups excluding carboxylic acids is 1. The molecule has 3 aromatic carbocycles. The Labute approximate surface area is 152 Å². The second-order valence-electron chi connectivity index (χ2n) is 5.41. The highest BCUT2D eigenvalue weighted by Gasteiger charge is 2.23. The molecule has 26 heavy (non-hydrogen) atoms. The second kappa shape index (κ2) is 8.58. The van der Waals surface area contributed by atoms with Gasteiger partial charge in [0.15, 0.2) is 0 Å². The molecule has 0 radical (unpaired) electrons. The molecule has 1 N–H and O–H groups in total. The van der Waals surface area contributed by atoms with Crippen molar-refractivity contribution in [1.82, 2.24) is 0 Å². The van der Waals surface area contributed by atoms with Gasteiger partial charge in [-0.2, -0.15) is 0 Å². The molecule has 0 fully saturated rings. The maximum absolute atomic E-state index is 12.7. The van der Waals surface area contributed by atoms with Gasteiger partial charge in [-0.1, -0.05) is 42.5 Å². The van der Waals surface area contributed by atoms with Crippen LogP contribution in [0.4, 0.5) is 5.69 Å². The van der Waals surface area contributed by atoms with Gasteiger partial charge in [0.2, 0.25) is 0 Å². The van der Waals surface area contributed by atoms with E-state index in [0.29, 0.717) is 22.9 Å². The molecule has 0 aliphatic heterocycles. The van der Waals surface area contributed by atoms with Gasteiger partial charge < -0.3 is 19.5 Å². The molecule has 0 aromatic heterocycles. The first-order chi connectivity index (χ1) is 12.7. The van der Waals surface area contributed by atoms with Crippen molar-refractivity contribution in [3.63, 3.8) is 0 Å². The summed E-state index contributed by atoms with van der Waals surface area (Å²) in [7, 11) is 1.57. The summed E-state index contributed by atoms with van der Waals surface area (Å²) >= 11 is 0. The SMILES string of the molecule is COc1cccc(NC(=O)C(Oc2ccccc2)Oc2ccccc2)c1. The van der Waals surface area contributed by atoms with E-state index in [4.69, 9.17) is 14.2 Å². The van der Waals surface area contributed by atoms with E-state index in [1.54, 1.807) is 55.6 Å². The topological polar surface area (TPSA) is 56.8 Å². The molecule has 0 heterocycles. The monoisotopic (exact) mass is 349 g/mol. The van der Waals surface area contributed by atoms with Gasteiger partial charge >= 0.3 is 12.2 Å².